The molecule has 2 aliphatic rings. The molecule has 0 spiro atoms. The SMILES string of the molecule is CCC(=O)c1nc2n(n1)[C@H](C1=CC(C)CC=C1C)CC2. The predicted octanol–water partition coefficient (Wildman–Crippen LogP) is 3.27. The molecule has 2 heterocycles. The molecular formula is C16H21N3O. The molecule has 1 aliphatic carbocycles. The van der Waals surface area contributed by atoms with Crippen molar-refractivity contribution in [3.8, 4) is 0 Å². The van der Waals surface area contributed by atoms with Crippen molar-refractivity contribution in [1.29, 1.82) is 0 Å². The van der Waals surface area contributed by atoms with E-state index < -0.39 is 0 Å². The Kier molecular flexibility index (Phi) is 3.32. The van der Waals surface area contributed by atoms with Crippen LogP contribution in [0.25, 0.3) is 0 Å². The van der Waals surface area contributed by atoms with Crippen molar-refractivity contribution in [2.75, 3.05) is 0 Å². The lowest BCUT2D eigenvalue weighted by Gasteiger charge is -2.22. The lowest BCUT2D eigenvalue weighted by Crippen LogP contribution is -2.14. The number of ketones is 1. The average molecular weight is 271 g/mol. The lowest BCUT2D eigenvalue weighted by atomic mass is 9.87. The van der Waals surface area contributed by atoms with Crippen molar-refractivity contribution in [2.45, 2.75) is 52.5 Å². The molecule has 0 fully saturated rings. The van der Waals surface area contributed by atoms with Crippen molar-refractivity contribution >= 4 is 5.78 Å². The normalized spacial score (nSPS) is 25.1. The maximum Gasteiger partial charge on any atom is 0.217 e. The van der Waals surface area contributed by atoms with Crippen LogP contribution in [0.2, 0.25) is 0 Å². The highest BCUT2D eigenvalue weighted by Gasteiger charge is 2.31. The molecule has 1 aromatic heterocycles. The van der Waals surface area contributed by atoms with E-state index in [1.54, 1.807) is 0 Å². The topological polar surface area (TPSA) is 47.8 Å². The predicted molar refractivity (Wildman–Crippen MR) is 77.6 cm³/mol. The Morgan fingerprint density at radius 1 is 1.50 bits per heavy atom. The Labute approximate surface area is 119 Å². The van der Waals surface area contributed by atoms with Crippen LogP contribution in [0.5, 0.6) is 0 Å². The molecule has 0 amide bonds. The van der Waals surface area contributed by atoms with Gasteiger partial charge in [-0.15, -0.1) is 5.10 Å². The first-order valence-corrected chi connectivity index (χ1v) is 7.47. The van der Waals surface area contributed by atoms with Gasteiger partial charge in [0, 0.05) is 12.8 Å². The molecule has 0 saturated heterocycles. The number of hydrogen-bond donors (Lipinski definition) is 0. The number of aryl methyl sites for hydroxylation is 1. The van der Waals surface area contributed by atoms with E-state index in [1.807, 2.05) is 11.6 Å². The van der Waals surface area contributed by atoms with Crippen molar-refractivity contribution in [2.24, 2.45) is 5.92 Å². The molecule has 0 radical (unpaired) electrons. The Morgan fingerprint density at radius 2 is 2.30 bits per heavy atom. The van der Waals surface area contributed by atoms with Crippen LogP contribution in [0.1, 0.15) is 62.5 Å². The highest BCUT2D eigenvalue weighted by molar-refractivity contribution is 5.92. The molecular weight excluding hydrogens is 250 g/mol. The first-order chi connectivity index (χ1) is 9.60. The minimum absolute atomic E-state index is 0.0314. The van der Waals surface area contributed by atoms with E-state index in [9.17, 15) is 4.79 Å². The van der Waals surface area contributed by atoms with Gasteiger partial charge in [-0.05, 0) is 31.3 Å². The highest BCUT2D eigenvalue weighted by Crippen LogP contribution is 2.37. The van der Waals surface area contributed by atoms with Gasteiger partial charge in [0.05, 0.1) is 6.04 Å². The molecule has 1 aromatic rings. The number of nitrogens with zero attached hydrogens (tertiary/aromatic N) is 3. The zero-order valence-electron chi connectivity index (χ0n) is 12.4. The van der Waals surface area contributed by atoms with Gasteiger partial charge in [-0.2, -0.15) is 0 Å². The van der Waals surface area contributed by atoms with Gasteiger partial charge in [-0.3, -0.25) is 4.79 Å². The summed E-state index contributed by atoms with van der Waals surface area (Å²) >= 11 is 0. The third-order valence-electron chi connectivity index (χ3n) is 4.28. The molecule has 2 atom stereocenters. The van der Waals surface area contributed by atoms with Crippen molar-refractivity contribution in [3.63, 3.8) is 0 Å². The second kappa shape index (κ2) is 5.00. The number of carbonyl (C=O) groups excluding carboxylic acids is 1. The molecule has 20 heavy (non-hydrogen) atoms. The maximum atomic E-state index is 11.8. The summed E-state index contributed by atoms with van der Waals surface area (Å²) in [5.74, 6) is 1.96. The van der Waals surface area contributed by atoms with Gasteiger partial charge in [-0.25, -0.2) is 9.67 Å². The van der Waals surface area contributed by atoms with Gasteiger partial charge >= 0.3 is 0 Å². The zero-order valence-corrected chi connectivity index (χ0v) is 12.4. The van der Waals surface area contributed by atoms with Crippen LogP contribution < -0.4 is 0 Å². The third-order valence-corrected chi connectivity index (χ3v) is 4.28. The number of fused-ring (bicyclic) bond motifs is 1. The summed E-state index contributed by atoms with van der Waals surface area (Å²) in [6.45, 7) is 6.26. The first-order valence-electron chi connectivity index (χ1n) is 7.47. The van der Waals surface area contributed by atoms with E-state index in [-0.39, 0.29) is 11.8 Å². The fraction of sp³-hybridized carbons (Fsp3) is 0.562. The third kappa shape index (κ3) is 2.13. The summed E-state index contributed by atoms with van der Waals surface area (Å²) in [5, 5.41) is 4.47. The van der Waals surface area contributed by atoms with Crippen LogP contribution in [-0.4, -0.2) is 20.5 Å². The molecule has 0 N–H and O–H groups in total. The summed E-state index contributed by atoms with van der Waals surface area (Å²) < 4.78 is 1.98. The van der Waals surface area contributed by atoms with Crippen molar-refractivity contribution in [3.05, 3.63) is 34.9 Å². The number of allylic oxidation sites excluding steroid dienone is 4. The van der Waals surface area contributed by atoms with E-state index in [1.165, 1.54) is 11.1 Å². The summed E-state index contributed by atoms with van der Waals surface area (Å²) in [6.07, 6.45) is 8.21. The Morgan fingerprint density at radius 3 is 3.05 bits per heavy atom. The van der Waals surface area contributed by atoms with E-state index in [4.69, 9.17) is 0 Å². The van der Waals surface area contributed by atoms with Crippen LogP contribution in [-0.2, 0) is 6.42 Å². The van der Waals surface area contributed by atoms with Gasteiger partial charge in [0.15, 0.2) is 0 Å². The summed E-state index contributed by atoms with van der Waals surface area (Å²) in [4.78, 5) is 16.2. The molecule has 4 heteroatoms. The molecule has 106 valence electrons. The molecule has 4 nitrogen and oxygen atoms in total. The fourth-order valence-corrected chi connectivity index (χ4v) is 3.09. The lowest BCUT2D eigenvalue weighted by molar-refractivity contribution is 0.0977. The van der Waals surface area contributed by atoms with E-state index in [2.05, 4.69) is 36.1 Å². The van der Waals surface area contributed by atoms with E-state index in [0.29, 0.717) is 18.2 Å². The van der Waals surface area contributed by atoms with Crippen molar-refractivity contribution in [1.82, 2.24) is 14.8 Å². The number of Topliss-reactive ketones (excluding diaryl/α,β-unsaturated/α-hetero) is 1. The number of aromatic nitrogens is 3. The van der Waals surface area contributed by atoms with Gasteiger partial charge in [0.1, 0.15) is 5.82 Å². The van der Waals surface area contributed by atoms with Crippen LogP contribution in [0, 0.1) is 5.92 Å². The van der Waals surface area contributed by atoms with E-state index in [0.717, 1.165) is 25.1 Å². The van der Waals surface area contributed by atoms with E-state index >= 15 is 0 Å². The van der Waals surface area contributed by atoms with Crippen LogP contribution in [0.3, 0.4) is 0 Å². The molecule has 0 saturated carbocycles. The first kappa shape index (κ1) is 13.3. The quantitative estimate of drug-likeness (QED) is 0.793. The molecule has 3 rings (SSSR count). The maximum absolute atomic E-state index is 11.8. The zero-order chi connectivity index (χ0) is 14.3. The Balaban J connectivity index is 1.95. The summed E-state index contributed by atoms with van der Waals surface area (Å²) in [7, 11) is 0. The smallest absolute Gasteiger partial charge is 0.217 e. The van der Waals surface area contributed by atoms with Crippen LogP contribution >= 0.6 is 0 Å². The highest BCUT2D eigenvalue weighted by atomic mass is 16.1. The number of rotatable bonds is 3. The molecule has 1 unspecified atom stereocenters. The summed E-state index contributed by atoms with van der Waals surface area (Å²) in [5.41, 5.74) is 2.71. The minimum Gasteiger partial charge on any atom is -0.291 e. The Bertz CT molecular complexity index is 609. The molecule has 0 bridgehead atoms. The largest absolute Gasteiger partial charge is 0.291 e. The van der Waals surface area contributed by atoms with Gasteiger partial charge in [-0.1, -0.05) is 31.6 Å². The fourth-order valence-electron chi connectivity index (χ4n) is 3.09. The average Bonchev–Trinajstić information content (AvgIpc) is 3.00. The van der Waals surface area contributed by atoms with Gasteiger partial charge in [0.2, 0.25) is 11.6 Å². The second-order valence-electron chi connectivity index (χ2n) is 5.85. The number of hydrogen-bond acceptors (Lipinski definition) is 3. The standard InChI is InChI=1S/C16H21N3O/c1-4-14(20)16-17-15-8-7-13(19(15)18-16)12-9-10(2)5-6-11(12)3/h6,9-10,13H,4-5,7-8H2,1-3H3/t10?,13-/m0/s1. The van der Waals surface area contributed by atoms with Gasteiger partial charge in [0.25, 0.3) is 0 Å². The number of carbonyl (C=O) groups is 1. The molecule has 1 aliphatic heterocycles. The Hall–Kier alpha value is -1.71. The van der Waals surface area contributed by atoms with Gasteiger partial charge < -0.3 is 0 Å². The van der Waals surface area contributed by atoms with Crippen LogP contribution in [0.15, 0.2) is 23.3 Å². The minimum atomic E-state index is 0.0314. The van der Waals surface area contributed by atoms with Crippen molar-refractivity contribution < 1.29 is 4.79 Å². The summed E-state index contributed by atoms with van der Waals surface area (Å²) in [6, 6.07) is 0.259. The molecule has 0 aromatic carbocycles. The monoisotopic (exact) mass is 271 g/mol. The van der Waals surface area contributed by atoms with Crippen LogP contribution in [0.4, 0.5) is 0 Å². The second-order valence-corrected chi connectivity index (χ2v) is 5.85.